The van der Waals surface area contributed by atoms with Crippen molar-refractivity contribution in [2.75, 3.05) is 24.7 Å². The number of rotatable bonds is 9. The average Bonchev–Trinajstić information content (AvgIpc) is 2.29. The number of ether oxygens (including phenoxy) is 2. The first kappa shape index (κ1) is 15.6. The maximum atomic E-state index is 11.0. The highest BCUT2D eigenvalue weighted by Crippen LogP contribution is 2.21. The Morgan fingerprint density at radius 2 is 1.25 bits per heavy atom. The van der Waals surface area contributed by atoms with Gasteiger partial charge in [-0.2, -0.15) is 0 Å². The Morgan fingerprint density at radius 1 is 0.875 bits per heavy atom. The molecule has 0 saturated heterocycles. The van der Waals surface area contributed by atoms with Crippen molar-refractivity contribution in [3.63, 3.8) is 0 Å². The van der Waals surface area contributed by atoms with Crippen molar-refractivity contribution < 1.29 is 19.1 Å². The summed E-state index contributed by atoms with van der Waals surface area (Å²) in [5, 5.41) is 0. The van der Waals surface area contributed by atoms with Crippen molar-refractivity contribution in [3.05, 3.63) is 0 Å². The summed E-state index contributed by atoms with van der Waals surface area (Å²) in [4.78, 5) is 22.1. The van der Waals surface area contributed by atoms with Gasteiger partial charge < -0.3 is 9.47 Å². The molecule has 0 aliphatic heterocycles. The molecule has 0 unspecified atom stereocenters. The fourth-order valence-electron chi connectivity index (χ4n) is 0.695. The average molecular weight is 266 g/mol. The summed E-state index contributed by atoms with van der Waals surface area (Å²) in [5.74, 6) is 0.0693. The molecule has 6 heteroatoms. The van der Waals surface area contributed by atoms with Crippen molar-refractivity contribution in [1.29, 1.82) is 0 Å². The van der Waals surface area contributed by atoms with Crippen molar-refractivity contribution in [3.8, 4) is 0 Å². The van der Waals surface area contributed by atoms with Crippen molar-refractivity contribution >= 4 is 33.5 Å². The molecule has 0 amide bonds. The minimum atomic E-state index is -0.235. The molecule has 0 heterocycles. The van der Waals surface area contributed by atoms with Crippen LogP contribution in [0.4, 0.5) is 0 Å². The Balaban J connectivity index is 3.31. The van der Waals surface area contributed by atoms with Crippen LogP contribution >= 0.6 is 21.6 Å². The van der Waals surface area contributed by atoms with E-state index in [1.54, 1.807) is 0 Å². The first-order valence-electron chi connectivity index (χ1n) is 5.26. The second-order valence-electron chi connectivity index (χ2n) is 2.97. The molecule has 0 atom stereocenters. The Bertz CT molecular complexity index is 187. The van der Waals surface area contributed by atoms with Crippen LogP contribution in [-0.2, 0) is 19.1 Å². The second kappa shape index (κ2) is 11.1. The molecular formula is C10H18O4S2. The zero-order chi connectivity index (χ0) is 12.2. The van der Waals surface area contributed by atoms with Gasteiger partial charge in [-0.1, -0.05) is 35.4 Å². The second-order valence-corrected chi connectivity index (χ2v) is 5.43. The lowest BCUT2D eigenvalue weighted by Gasteiger charge is -2.03. The summed E-state index contributed by atoms with van der Waals surface area (Å²) in [6, 6.07) is 0. The standard InChI is InChI=1S/C10H18O4S2/c1-3-5-13-9(11)7-15-16-8-10(12)14-6-4-2/h3-8H2,1-2H3. The summed E-state index contributed by atoms with van der Waals surface area (Å²) < 4.78 is 9.75. The zero-order valence-electron chi connectivity index (χ0n) is 9.69. The van der Waals surface area contributed by atoms with Gasteiger partial charge in [-0.25, -0.2) is 0 Å². The molecule has 0 bridgehead atoms. The van der Waals surface area contributed by atoms with Gasteiger partial charge in [-0.15, -0.1) is 0 Å². The molecule has 0 aromatic heterocycles. The molecule has 0 saturated carbocycles. The molecule has 0 rings (SSSR count). The highest BCUT2D eigenvalue weighted by molar-refractivity contribution is 8.77. The van der Waals surface area contributed by atoms with Crippen LogP contribution in [0.15, 0.2) is 0 Å². The van der Waals surface area contributed by atoms with Crippen LogP contribution in [0.25, 0.3) is 0 Å². The third kappa shape index (κ3) is 10.2. The van der Waals surface area contributed by atoms with Crippen LogP contribution in [-0.4, -0.2) is 36.7 Å². The highest BCUT2D eigenvalue weighted by Gasteiger charge is 2.06. The first-order chi connectivity index (χ1) is 7.70. The van der Waals surface area contributed by atoms with E-state index in [1.807, 2.05) is 13.8 Å². The van der Waals surface area contributed by atoms with Crippen LogP contribution in [0.5, 0.6) is 0 Å². The third-order valence-corrected chi connectivity index (χ3v) is 3.45. The van der Waals surface area contributed by atoms with E-state index in [0.717, 1.165) is 12.8 Å². The molecule has 16 heavy (non-hydrogen) atoms. The smallest absolute Gasteiger partial charge is 0.316 e. The van der Waals surface area contributed by atoms with E-state index >= 15 is 0 Å². The maximum absolute atomic E-state index is 11.0. The summed E-state index contributed by atoms with van der Waals surface area (Å²) >= 11 is 0. The van der Waals surface area contributed by atoms with E-state index in [9.17, 15) is 9.59 Å². The van der Waals surface area contributed by atoms with Crippen LogP contribution in [0.2, 0.25) is 0 Å². The lowest BCUT2D eigenvalue weighted by molar-refractivity contribution is -0.141. The molecule has 0 aromatic rings. The molecule has 0 aromatic carbocycles. The summed E-state index contributed by atoms with van der Waals surface area (Å²) in [6.45, 7) is 4.81. The SMILES string of the molecule is CCCOC(=O)CSSCC(=O)OCCC. The number of esters is 2. The molecule has 0 fully saturated rings. The van der Waals surface area contributed by atoms with Crippen molar-refractivity contribution in [2.24, 2.45) is 0 Å². The molecule has 4 nitrogen and oxygen atoms in total. The van der Waals surface area contributed by atoms with Crippen molar-refractivity contribution in [2.45, 2.75) is 26.7 Å². The van der Waals surface area contributed by atoms with Gasteiger partial charge in [0.05, 0.1) is 13.2 Å². The molecule has 0 radical (unpaired) electrons. The predicted octanol–water partition coefficient (Wildman–Crippen LogP) is 2.27. The lowest BCUT2D eigenvalue weighted by atomic mass is 10.5. The first-order valence-corrected chi connectivity index (χ1v) is 7.75. The molecule has 0 N–H and O–H groups in total. The van der Waals surface area contributed by atoms with Gasteiger partial charge in [-0.05, 0) is 12.8 Å². The quantitative estimate of drug-likeness (QED) is 0.362. The molecule has 0 spiro atoms. The van der Waals surface area contributed by atoms with E-state index in [-0.39, 0.29) is 23.4 Å². The fraction of sp³-hybridized carbons (Fsp3) is 0.800. The Morgan fingerprint density at radius 3 is 1.56 bits per heavy atom. The highest BCUT2D eigenvalue weighted by atomic mass is 33.1. The van der Waals surface area contributed by atoms with Crippen LogP contribution in [0, 0.1) is 0 Å². The van der Waals surface area contributed by atoms with Crippen molar-refractivity contribution in [1.82, 2.24) is 0 Å². The van der Waals surface area contributed by atoms with Crippen LogP contribution < -0.4 is 0 Å². The topological polar surface area (TPSA) is 52.6 Å². The summed E-state index contributed by atoms with van der Waals surface area (Å²) in [6.07, 6.45) is 1.65. The van der Waals surface area contributed by atoms with Gasteiger partial charge in [0.25, 0.3) is 0 Å². The van der Waals surface area contributed by atoms with Gasteiger partial charge in [0, 0.05) is 0 Å². The Labute approximate surface area is 104 Å². The summed E-state index contributed by atoms with van der Waals surface area (Å²) in [5.41, 5.74) is 0. The minimum absolute atomic E-state index is 0.235. The number of hydrogen-bond donors (Lipinski definition) is 0. The van der Waals surface area contributed by atoms with Gasteiger partial charge in [0.1, 0.15) is 11.5 Å². The normalized spacial score (nSPS) is 9.88. The fourth-order valence-corrected chi connectivity index (χ4v) is 2.30. The third-order valence-electron chi connectivity index (χ3n) is 1.37. The van der Waals surface area contributed by atoms with E-state index in [1.165, 1.54) is 21.6 Å². The summed E-state index contributed by atoms with van der Waals surface area (Å²) in [7, 11) is 2.63. The molecule has 94 valence electrons. The largest absolute Gasteiger partial charge is 0.465 e. The Kier molecular flexibility index (Phi) is 10.9. The molecule has 0 aliphatic rings. The lowest BCUT2D eigenvalue weighted by Crippen LogP contribution is -2.09. The van der Waals surface area contributed by atoms with Gasteiger partial charge in [-0.3, -0.25) is 9.59 Å². The number of carbonyl (C=O) groups is 2. The van der Waals surface area contributed by atoms with E-state index in [4.69, 9.17) is 9.47 Å². The van der Waals surface area contributed by atoms with E-state index < -0.39 is 0 Å². The monoisotopic (exact) mass is 266 g/mol. The predicted molar refractivity (Wildman–Crippen MR) is 67.4 cm³/mol. The van der Waals surface area contributed by atoms with Gasteiger partial charge >= 0.3 is 11.9 Å². The number of carbonyl (C=O) groups excluding carboxylic acids is 2. The van der Waals surface area contributed by atoms with Gasteiger partial charge in [0.15, 0.2) is 0 Å². The Hall–Kier alpha value is -0.360. The minimum Gasteiger partial charge on any atom is -0.465 e. The number of hydrogen-bond acceptors (Lipinski definition) is 6. The van der Waals surface area contributed by atoms with E-state index in [0.29, 0.717) is 13.2 Å². The van der Waals surface area contributed by atoms with Crippen LogP contribution in [0.1, 0.15) is 26.7 Å². The molecular weight excluding hydrogens is 248 g/mol. The maximum Gasteiger partial charge on any atom is 0.316 e. The van der Waals surface area contributed by atoms with E-state index in [2.05, 4.69) is 0 Å². The zero-order valence-corrected chi connectivity index (χ0v) is 11.3. The van der Waals surface area contributed by atoms with Crippen LogP contribution in [0.3, 0.4) is 0 Å². The molecule has 0 aliphatic carbocycles. The van der Waals surface area contributed by atoms with Gasteiger partial charge in [0.2, 0.25) is 0 Å².